The normalized spacial score (nSPS) is 10.1. The monoisotopic (exact) mass is 226 g/mol. The van der Waals surface area contributed by atoms with Crippen LogP contribution in [-0.4, -0.2) is 28.5 Å². The second-order valence-corrected chi connectivity index (χ2v) is 4.07. The summed E-state index contributed by atoms with van der Waals surface area (Å²) in [6.45, 7) is 3.80. The second kappa shape index (κ2) is 5.55. The van der Waals surface area contributed by atoms with E-state index in [9.17, 15) is 4.79 Å². The summed E-state index contributed by atoms with van der Waals surface area (Å²) in [6.07, 6.45) is 3.42. The fraction of sp³-hybridized carbons (Fsp3) is 0.444. The van der Waals surface area contributed by atoms with E-state index in [4.69, 9.17) is 0 Å². The van der Waals surface area contributed by atoms with Crippen molar-refractivity contribution in [3.63, 3.8) is 0 Å². The number of urea groups is 1. The van der Waals surface area contributed by atoms with Crippen LogP contribution in [0.15, 0.2) is 17.3 Å². The molecular formula is C9H14N4OS. The minimum Gasteiger partial charge on any atom is -0.336 e. The summed E-state index contributed by atoms with van der Waals surface area (Å²) in [6, 6.07) is 1.65. The molecule has 1 heterocycles. The number of hydrogen-bond acceptors (Lipinski definition) is 4. The van der Waals surface area contributed by atoms with Crippen LogP contribution in [0.25, 0.3) is 0 Å². The standard InChI is InChI=1S/C9H14N4OS/c1-6(2)11-9(14)12-7-4-8(15-3)13-10-5-7/h4-6H,1-3H3,(H2,11,12,13,14). The number of amides is 2. The Kier molecular flexibility index (Phi) is 4.36. The lowest BCUT2D eigenvalue weighted by molar-refractivity contribution is 0.250. The lowest BCUT2D eigenvalue weighted by Crippen LogP contribution is -2.34. The summed E-state index contributed by atoms with van der Waals surface area (Å²) in [7, 11) is 0. The second-order valence-electron chi connectivity index (χ2n) is 3.24. The molecule has 0 aromatic carbocycles. The van der Waals surface area contributed by atoms with Gasteiger partial charge >= 0.3 is 6.03 Å². The van der Waals surface area contributed by atoms with Crippen LogP contribution in [0.1, 0.15) is 13.8 Å². The van der Waals surface area contributed by atoms with Gasteiger partial charge < -0.3 is 10.6 Å². The summed E-state index contributed by atoms with van der Waals surface area (Å²) in [4.78, 5) is 11.3. The van der Waals surface area contributed by atoms with Crippen molar-refractivity contribution >= 4 is 23.5 Å². The molecule has 0 radical (unpaired) electrons. The van der Waals surface area contributed by atoms with E-state index in [1.807, 2.05) is 20.1 Å². The van der Waals surface area contributed by atoms with Gasteiger partial charge in [0.2, 0.25) is 0 Å². The molecule has 0 aliphatic heterocycles. The summed E-state index contributed by atoms with van der Waals surface area (Å²) in [5.41, 5.74) is 0.646. The molecule has 15 heavy (non-hydrogen) atoms. The Morgan fingerprint density at radius 1 is 1.53 bits per heavy atom. The molecule has 0 aliphatic rings. The molecular weight excluding hydrogens is 212 g/mol. The van der Waals surface area contributed by atoms with Crippen molar-refractivity contribution in [2.24, 2.45) is 0 Å². The van der Waals surface area contributed by atoms with Crippen LogP contribution in [0.3, 0.4) is 0 Å². The highest BCUT2D eigenvalue weighted by Gasteiger charge is 2.04. The highest BCUT2D eigenvalue weighted by molar-refractivity contribution is 7.98. The van der Waals surface area contributed by atoms with Gasteiger partial charge in [-0.1, -0.05) is 0 Å². The molecule has 0 aliphatic carbocycles. The van der Waals surface area contributed by atoms with Crippen LogP contribution in [-0.2, 0) is 0 Å². The number of carbonyl (C=O) groups is 1. The minimum atomic E-state index is -0.231. The molecule has 5 nitrogen and oxygen atoms in total. The van der Waals surface area contributed by atoms with Crippen molar-refractivity contribution in [2.45, 2.75) is 24.9 Å². The predicted molar refractivity (Wildman–Crippen MR) is 61.1 cm³/mol. The van der Waals surface area contributed by atoms with Gasteiger partial charge in [-0.05, 0) is 26.2 Å². The van der Waals surface area contributed by atoms with Crippen LogP contribution in [0.5, 0.6) is 0 Å². The molecule has 0 atom stereocenters. The Balaban J connectivity index is 2.60. The van der Waals surface area contributed by atoms with Gasteiger partial charge in [0, 0.05) is 6.04 Å². The van der Waals surface area contributed by atoms with Crippen LogP contribution in [0.2, 0.25) is 0 Å². The van der Waals surface area contributed by atoms with E-state index >= 15 is 0 Å². The van der Waals surface area contributed by atoms with E-state index in [0.29, 0.717) is 5.69 Å². The first kappa shape index (κ1) is 11.8. The summed E-state index contributed by atoms with van der Waals surface area (Å²) >= 11 is 1.48. The third-order valence-corrected chi connectivity index (χ3v) is 2.14. The van der Waals surface area contributed by atoms with E-state index in [2.05, 4.69) is 20.8 Å². The fourth-order valence-electron chi connectivity index (χ4n) is 0.945. The Morgan fingerprint density at radius 2 is 2.27 bits per heavy atom. The Hall–Kier alpha value is -1.30. The van der Waals surface area contributed by atoms with E-state index in [0.717, 1.165) is 5.03 Å². The van der Waals surface area contributed by atoms with Crippen LogP contribution >= 0.6 is 11.8 Å². The Labute approximate surface area is 93.0 Å². The van der Waals surface area contributed by atoms with Gasteiger partial charge in [-0.25, -0.2) is 4.79 Å². The Morgan fingerprint density at radius 3 is 2.87 bits per heavy atom. The average molecular weight is 226 g/mol. The van der Waals surface area contributed by atoms with Crippen molar-refractivity contribution in [2.75, 3.05) is 11.6 Å². The first-order valence-corrected chi connectivity index (χ1v) is 5.78. The lowest BCUT2D eigenvalue weighted by atomic mass is 10.4. The number of carbonyl (C=O) groups excluding carboxylic acids is 1. The fourth-order valence-corrected chi connectivity index (χ4v) is 1.32. The van der Waals surface area contributed by atoms with Gasteiger partial charge in [0.15, 0.2) is 0 Å². The number of nitrogens with one attached hydrogen (secondary N) is 2. The summed E-state index contributed by atoms with van der Waals surface area (Å²) in [5.74, 6) is 0. The topological polar surface area (TPSA) is 66.9 Å². The van der Waals surface area contributed by atoms with Gasteiger partial charge in [0.1, 0.15) is 5.03 Å². The van der Waals surface area contributed by atoms with Crippen LogP contribution < -0.4 is 10.6 Å². The summed E-state index contributed by atoms with van der Waals surface area (Å²) in [5, 5.41) is 13.8. The largest absolute Gasteiger partial charge is 0.336 e. The maximum atomic E-state index is 11.3. The zero-order valence-corrected chi connectivity index (χ0v) is 9.76. The van der Waals surface area contributed by atoms with Crippen molar-refractivity contribution < 1.29 is 4.79 Å². The average Bonchev–Trinajstić information content (AvgIpc) is 2.16. The van der Waals surface area contributed by atoms with Gasteiger partial charge in [0.25, 0.3) is 0 Å². The first-order chi connectivity index (χ1) is 7.11. The van der Waals surface area contributed by atoms with E-state index < -0.39 is 0 Å². The molecule has 0 saturated carbocycles. The highest BCUT2D eigenvalue weighted by atomic mass is 32.2. The van der Waals surface area contributed by atoms with Crippen molar-refractivity contribution in [3.8, 4) is 0 Å². The lowest BCUT2D eigenvalue weighted by Gasteiger charge is -2.09. The first-order valence-electron chi connectivity index (χ1n) is 4.56. The molecule has 6 heteroatoms. The molecule has 2 N–H and O–H groups in total. The van der Waals surface area contributed by atoms with Crippen molar-refractivity contribution in [3.05, 3.63) is 12.3 Å². The molecule has 0 unspecified atom stereocenters. The molecule has 82 valence electrons. The van der Waals surface area contributed by atoms with Crippen molar-refractivity contribution in [1.29, 1.82) is 0 Å². The van der Waals surface area contributed by atoms with Crippen LogP contribution in [0.4, 0.5) is 10.5 Å². The molecule has 1 aromatic rings. The molecule has 1 aromatic heterocycles. The smallest absolute Gasteiger partial charge is 0.319 e. The predicted octanol–water partition coefficient (Wildman–Crippen LogP) is 1.73. The molecule has 0 bridgehead atoms. The van der Waals surface area contributed by atoms with Gasteiger partial charge in [-0.2, -0.15) is 5.10 Å². The molecule has 0 saturated heterocycles. The maximum absolute atomic E-state index is 11.3. The Bertz CT molecular complexity index is 343. The number of rotatable bonds is 3. The summed E-state index contributed by atoms with van der Waals surface area (Å²) < 4.78 is 0. The maximum Gasteiger partial charge on any atom is 0.319 e. The number of aromatic nitrogens is 2. The minimum absolute atomic E-state index is 0.111. The zero-order chi connectivity index (χ0) is 11.3. The van der Waals surface area contributed by atoms with E-state index in [-0.39, 0.29) is 12.1 Å². The SMILES string of the molecule is CSc1cc(NC(=O)NC(C)C)cnn1. The number of hydrogen-bond donors (Lipinski definition) is 2. The third-order valence-electron chi connectivity index (χ3n) is 1.52. The van der Waals surface area contributed by atoms with E-state index in [1.54, 1.807) is 6.07 Å². The zero-order valence-electron chi connectivity index (χ0n) is 8.94. The van der Waals surface area contributed by atoms with Gasteiger partial charge in [-0.15, -0.1) is 16.9 Å². The molecule has 0 fully saturated rings. The van der Waals surface area contributed by atoms with Crippen LogP contribution in [0, 0.1) is 0 Å². The number of nitrogens with zero attached hydrogens (tertiary/aromatic N) is 2. The number of anilines is 1. The van der Waals surface area contributed by atoms with Gasteiger partial charge in [0.05, 0.1) is 11.9 Å². The van der Waals surface area contributed by atoms with Gasteiger partial charge in [-0.3, -0.25) is 0 Å². The quantitative estimate of drug-likeness (QED) is 0.770. The third kappa shape index (κ3) is 4.16. The van der Waals surface area contributed by atoms with E-state index in [1.165, 1.54) is 18.0 Å². The van der Waals surface area contributed by atoms with Crippen molar-refractivity contribution in [1.82, 2.24) is 15.5 Å². The highest BCUT2D eigenvalue weighted by Crippen LogP contribution is 2.14. The number of thioether (sulfide) groups is 1. The molecule has 1 rings (SSSR count). The molecule has 0 spiro atoms. The molecule has 2 amide bonds.